The number of nitrogen functional groups attached to an aromatic ring is 1. The Balaban J connectivity index is 1.70. The minimum Gasteiger partial charge on any atom is -0.494 e. The lowest BCUT2D eigenvalue weighted by atomic mass is 9.86. The van der Waals surface area contributed by atoms with Crippen LogP contribution in [-0.4, -0.2) is 47.2 Å². The number of aryl methyl sites for hydroxylation is 1. The van der Waals surface area contributed by atoms with E-state index in [1.54, 1.807) is 36.9 Å². The zero-order chi connectivity index (χ0) is 23.0. The van der Waals surface area contributed by atoms with Gasteiger partial charge in [-0.3, -0.25) is 4.79 Å². The van der Waals surface area contributed by atoms with Crippen LogP contribution in [0.25, 0.3) is 10.2 Å². The number of carbonyl (C=O) groups is 1. The van der Waals surface area contributed by atoms with Crippen LogP contribution in [0.5, 0.6) is 5.75 Å². The fourth-order valence-electron chi connectivity index (χ4n) is 4.09. The third-order valence-electron chi connectivity index (χ3n) is 6.13. The fourth-order valence-corrected chi connectivity index (χ4v) is 5.36. The van der Waals surface area contributed by atoms with Gasteiger partial charge < -0.3 is 26.1 Å². The number of rotatable bonds is 6. The number of ether oxygens (including phenoxy) is 1. The van der Waals surface area contributed by atoms with Crippen LogP contribution in [0.2, 0.25) is 0 Å². The molecule has 32 heavy (non-hydrogen) atoms. The Bertz CT molecular complexity index is 1190. The zero-order valence-corrected chi connectivity index (χ0v) is 19.5. The summed E-state index contributed by atoms with van der Waals surface area (Å²) in [5, 5.41) is 12.0. The van der Waals surface area contributed by atoms with Gasteiger partial charge in [-0.25, -0.2) is 9.97 Å². The minimum absolute atomic E-state index is 0.000303. The number of nitrogens with one attached hydrogen (secondary N) is 2. The fraction of sp³-hybridized carbons (Fsp3) is 0.391. The molecule has 8 nitrogen and oxygen atoms in total. The van der Waals surface area contributed by atoms with Gasteiger partial charge in [-0.1, -0.05) is 0 Å². The SMILES string of the molecule is COc1cc(N)c(C=N)cc1Nc1ncnc2sc3c(c12)CCC(C(=O)N(C)C(C)C)C3. The maximum absolute atomic E-state index is 12.9. The lowest BCUT2D eigenvalue weighted by Crippen LogP contribution is -2.39. The number of carbonyl (C=O) groups excluding carboxylic acids is 1. The van der Waals surface area contributed by atoms with Crippen molar-refractivity contribution < 1.29 is 9.53 Å². The highest BCUT2D eigenvalue weighted by atomic mass is 32.1. The number of aromatic nitrogens is 2. The molecule has 1 unspecified atom stereocenters. The van der Waals surface area contributed by atoms with E-state index in [0.29, 0.717) is 28.5 Å². The second-order valence-corrected chi connectivity index (χ2v) is 9.42. The standard InChI is InChI=1S/C23H28N6O2S/c1-12(2)29(3)23(30)13-5-6-15-19(8-13)32-22-20(15)21(26-11-27-22)28-17-7-14(10-24)16(25)9-18(17)31-4/h7,9-13,24H,5-6,8,25H2,1-4H3,(H,26,27,28). The number of hydrogen-bond donors (Lipinski definition) is 3. The van der Waals surface area contributed by atoms with E-state index in [2.05, 4.69) is 15.3 Å². The second-order valence-electron chi connectivity index (χ2n) is 8.34. The predicted octanol–water partition coefficient (Wildman–Crippen LogP) is 4.00. The van der Waals surface area contributed by atoms with Crippen LogP contribution in [0.1, 0.15) is 36.3 Å². The van der Waals surface area contributed by atoms with Crippen molar-refractivity contribution in [3.05, 3.63) is 34.5 Å². The van der Waals surface area contributed by atoms with E-state index in [1.807, 2.05) is 25.8 Å². The van der Waals surface area contributed by atoms with Crippen molar-refractivity contribution in [3.63, 3.8) is 0 Å². The van der Waals surface area contributed by atoms with Crippen LogP contribution in [-0.2, 0) is 17.6 Å². The Kier molecular flexibility index (Phi) is 6.01. The summed E-state index contributed by atoms with van der Waals surface area (Å²) in [6.07, 6.45) is 5.11. The van der Waals surface area contributed by atoms with Gasteiger partial charge >= 0.3 is 0 Å². The van der Waals surface area contributed by atoms with Gasteiger partial charge in [0.25, 0.3) is 0 Å². The van der Waals surface area contributed by atoms with E-state index in [0.717, 1.165) is 29.5 Å². The summed E-state index contributed by atoms with van der Waals surface area (Å²) in [6, 6.07) is 3.67. The molecule has 4 rings (SSSR count). The number of thiophene rings is 1. The predicted molar refractivity (Wildman–Crippen MR) is 129 cm³/mol. The van der Waals surface area contributed by atoms with Crippen molar-refractivity contribution in [2.75, 3.05) is 25.2 Å². The average Bonchev–Trinajstić information content (AvgIpc) is 3.17. The smallest absolute Gasteiger partial charge is 0.226 e. The number of nitrogens with zero attached hydrogens (tertiary/aromatic N) is 3. The molecule has 0 spiro atoms. The van der Waals surface area contributed by atoms with Gasteiger partial charge in [-0.05, 0) is 44.7 Å². The van der Waals surface area contributed by atoms with Gasteiger partial charge in [0.05, 0.1) is 18.2 Å². The van der Waals surface area contributed by atoms with Crippen LogP contribution in [0.3, 0.4) is 0 Å². The molecule has 1 aliphatic rings. The first-order chi connectivity index (χ1) is 15.3. The largest absolute Gasteiger partial charge is 0.494 e. The summed E-state index contributed by atoms with van der Waals surface area (Å²) in [5.41, 5.74) is 8.97. The van der Waals surface area contributed by atoms with Gasteiger partial charge in [0.2, 0.25) is 5.91 Å². The molecule has 2 aromatic heterocycles. The zero-order valence-electron chi connectivity index (χ0n) is 18.7. The van der Waals surface area contributed by atoms with Crippen molar-refractivity contribution in [1.82, 2.24) is 14.9 Å². The first-order valence-electron chi connectivity index (χ1n) is 10.6. The molecule has 0 radical (unpaired) electrons. The van der Waals surface area contributed by atoms with Crippen molar-refractivity contribution in [3.8, 4) is 5.75 Å². The number of fused-ring (bicyclic) bond motifs is 3. The molecule has 168 valence electrons. The van der Waals surface area contributed by atoms with Gasteiger partial charge in [-0.2, -0.15) is 0 Å². The number of benzene rings is 1. The van der Waals surface area contributed by atoms with Crippen molar-refractivity contribution in [2.45, 2.75) is 39.2 Å². The number of anilines is 3. The Morgan fingerprint density at radius 2 is 2.19 bits per heavy atom. The highest BCUT2D eigenvalue weighted by Crippen LogP contribution is 2.42. The van der Waals surface area contributed by atoms with Crippen LogP contribution in [0, 0.1) is 11.3 Å². The molecule has 4 N–H and O–H groups in total. The maximum atomic E-state index is 12.9. The lowest BCUT2D eigenvalue weighted by molar-refractivity contribution is -0.136. The summed E-state index contributed by atoms with van der Waals surface area (Å²) in [6.45, 7) is 4.07. The van der Waals surface area contributed by atoms with Gasteiger partial charge in [0, 0.05) is 47.4 Å². The van der Waals surface area contributed by atoms with E-state index >= 15 is 0 Å². The normalized spacial score (nSPS) is 15.5. The minimum atomic E-state index is -0.000303. The van der Waals surface area contributed by atoms with E-state index in [9.17, 15) is 4.79 Å². The molecule has 1 amide bonds. The highest BCUT2D eigenvalue weighted by Gasteiger charge is 2.31. The molecule has 1 aliphatic carbocycles. The Morgan fingerprint density at radius 1 is 1.41 bits per heavy atom. The first-order valence-corrected chi connectivity index (χ1v) is 11.4. The van der Waals surface area contributed by atoms with Gasteiger partial charge in [-0.15, -0.1) is 11.3 Å². The van der Waals surface area contributed by atoms with Gasteiger partial charge in [0.1, 0.15) is 22.7 Å². The van der Waals surface area contributed by atoms with E-state index < -0.39 is 0 Å². The average molecular weight is 453 g/mol. The van der Waals surface area contributed by atoms with Crippen molar-refractivity contribution >= 4 is 50.9 Å². The summed E-state index contributed by atoms with van der Waals surface area (Å²) >= 11 is 1.64. The van der Waals surface area contributed by atoms with E-state index in [1.165, 1.54) is 16.7 Å². The number of hydrogen-bond acceptors (Lipinski definition) is 8. The van der Waals surface area contributed by atoms with Gasteiger partial charge in [0.15, 0.2) is 0 Å². The summed E-state index contributed by atoms with van der Waals surface area (Å²) in [7, 11) is 3.46. The number of methoxy groups -OCH3 is 1. The van der Waals surface area contributed by atoms with Crippen LogP contribution >= 0.6 is 11.3 Å². The quantitative estimate of drug-likeness (QED) is 0.384. The Morgan fingerprint density at radius 3 is 2.88 bits per heavy atom. The molecular weight excluding hydrogens is 424 g/mol. The molecule has 0 aliphatic heterocycles. The van der Waals surface area contributed by atoms with Crippen LogP contribution < -0.4 is 15.8 Å². The molecule has 9 heteroatoms. The molecule has 0 fully saturated rings. The molecule has 0 saturated carbocycles. The lowest BCUT2D eigenvalue weighted by Gasteiger charge is -2.29. The number of amides is 1. The summed E-state index contributed by atoms with van der Waals surface area (Å²) in [5.74, 6) is 1.47. The van der Waals surface area contributed by atoms with E-state index in [4.69, 9.17) is 15.9 Å². The van der Waals surface area contributed by atoms with E-state index in [-0.39, 0.29) is 17.9 Å². The Hall–Kier alpha value is -3.20. The second kappa shape index (κ2) is 8.74. The molecule has 2 heterocycles. The molecule has 0 saturated heterocycles. The third kappa shape index (κ3) is 3.88. The molecular formula is C23H28N6O2S. The van der Waals surface area contributed by atoms with Crippen LogP contribution in [0.15, 0.2) is 18.5 Å². The first kappa shape index (κ1) is 22.0. The topological polar surface area (TPSA) is 117 Å². The third-order valence-corrected chi connectivity index (χ3v) is 7.29. The van der Waals surface area contributed by atoms with Crippen molar-refractivity contribution in [1.29, 1.82) is 5.41 Å². The molecule has 1 aromatic carbocycles. The highest BCUT2D eigenvalue weighted by molar-refractivity contribution is 7.19. The molecule has 1 atom stereocenters. The monoisotopic (exact) mass is 452 g/mol. The molecule has 0 bridgehead atoms. The summed E-state index contributed by atoms with van der Waals surface area (Å²) < 4.78 is 5.49. The Labute approximate surface area is 191 Å². The maximum Gasteiger partial charge on any atom is 0.226 e. The van der Waals surface area contributed by atoms with Crippen LogP contribution in [0.4, 0.5) is 17.2 Å². The molecule has 3 aromatic rings. The van der Waals surface area contributed by atoms with Crippen molar-refractivity contribution in [2.24, 2.45) is 5.92 Å². The number of nitrogens with two attached hydrogens (primary N) is 1. The summed E-state index contributed by atoms with van der Waals surface area (Å²) in [4.78, 5) is 25.8.